The lowest BCUT2D eigenvalue weighted by molar-refractivity contribution is -0.394. The first-order valence-electron chi connectivity index (χ1n) is 10.6. The lowest BCUT2D eigenvalue weighted by atomic mass is 10.1. The lowest BCUT2D eigenvalue weighted by Crippen LogP contribution is -2.25. The number of nitro groups is 2. The van der Waals surface area contributed by atoms with Gasteiger partial charge in [0.25, 0.3) is 11.6 Å². The molecule has 0 unspecified atom stereocenters. The monoisotopic (exact) mass is 485 g/mol. The molecule has 0 bridgehead atoms. The molecule has 0 heterocycles. The van der Waals surface area contributed by atoms with Crippen LogP contribution in [0, 0.1) is 20.2 Å². The van der Waals surface area contributed by atoms with Gasteiger partial charge in [-0.25, -0.2) is 5.43 Å². The van der Waals surface area contributed by atoms with Crippen molar-refractivity contribution in [3.63, 3.8) is 0 Å². The van der Waals surface area contributed by atoms with E-state index in [2.05, 4.69) is 15.8 Å². The number of ether oxygens (including phenoxy) is 1. The first kappa shape index (κ1) is 23.8. The molecule has 180 valence electrons. The number of fused-ring (bicyclic) bond motifs is 1. The molecular formula is C25H19N5O6. The molecule has 0 saturated carbocycles. The fourth-order valence-electron chi connectivity index (χ4n) is 3.37. The number of non-ortho nitro benzene ring substituents is 1. The minimum absolute atomic E-state index is 0.0339. The molecule has 0 aliphatic carbocycles. The Morgan fingerprint density at radius 3 is 2.42 bits per heavy atom. The van der Waals surface area contributed by atoms with E-state index in [4.69, 9.17) is 4.74 Å². The number of amides is 1. The molecule has 0 aliphatic heterocycles. The third-order valence-corrected chi connectivity index (χ3v) is 5.09. The van der Waals surface area contributed by atoms with Crippen LogP contribution in [-0.4, -0.2) is 28.5 Å². The van der Waals surface area contributed by atoms with Crippen LogP contribution in [0.1, 0.15) is 5.56 Å². The third-order valence-electron chi connectivity index (χ3n) is 5.09. The molecule has 1 amide bonds. The van der Waals surface area contributed by atoms with E-state index in [1.165, 1.54) is 12.3 Å². The molecular weight excluding hydrogens is 466 g/mol. The van der Waals surface area contributed by atoms with Crippen LogP contribution in [0.15, 0.2) is 90.0 Å². The van der Waals surface area contributed by atoms with Gasteiger partial charge in [0.15, 0.2) is 0 Å². The number of nitrogens with zero attached hydrogens (tertiary/aromatic N) is 3. The van der Waals surface area contributed by atoms with Crippen LogP contribution < -0.4 is 15.5 Å². The first-order valence-corrected chi connectivity index (χ1v) is 10.6. The fraction of sp³-hybridized carbons (Fsp3) is 0.0400. The number of nitro benzene ring substituents is 2. The van der Waals surface area contributed by atoms with Crippen LogP contribution in [0.4, 0.5) is 17.1 Å². The number of carbonyl (C=O) groups is 1. The van der Waals surface area contributed by atoms with Crippen LogP contribution in [0.2, 0.25) is 0 Å². The average molecular weight is 485 g/mol. The highest BCUT2D eigenvalue weighted by atomic mass is 16.6. The average Bonchev–Trinajstić information content (AvgIpc) is 2.88. The lowest BCUT2D eigenvalue weighted by Gasteiger charge is -2.08. The summed E-state index contributed by atoms with van der Waals surface area (Å²) >= 11 is 0. The SMILES string of the molecule is O=C(CNc1cccc2ccccc12)N/N=C\c1ccc(Oc2ccc([N+](=O)[O-])cc2[N+](=O)[O-])cc1. The summed E-state index contributed by atoms with van der Waals surface area (Å²) in [7, 11) is 0. The van der Waals surface area contributed by atoms with Gasteiger partial charge in [0.05, 0.1) is 28.7 Å². The van der Waals surface area contributed by atoms with Crippen molar-refractivity contribution in [2.75, 3.05) is 11.9 Å². The number of hydrogen-bond acceptors (Lipinski definition) is 8. The van der Waals surface area contributed by atoms with Crippen LogP contribution in [-0.2, 0) is 4.79 Å². The maximum Gasteiger partial charge on any atom is 0.318 e. The topological polar surface area (TPSA) is 149 Å². The molecule has 4 aromatic rings. The Labute approximate surface area is 204 Å². The molecule has 0 aliphatic rings. The largest absolute Gasteiger partial charge is 0.450 e. The second kappa shape index (κ2) is 10.7. The maximum absolute atomic E-state index is 12.1. The van der Waals surface area contributed by atoms with Gasteiger partial charge in [-0.2, -0.15) is 5.10 Å². The van der Waals surface area contributed by atoms with Gasteiger partial charge >= 0.3 is 5.69 Å². The van der Waals surface area contributed by atoms with E-state index in [1.54, 1.807) is 24.3 Å². The van der Waals surface area contributed by atoms with Crippen LogP contribution in [0.25, 0.3) is 10.8 Å². The van der Waals surface area contributed by atoms with Crippen molar-refractivity contribution in [2.45, 2.75) is 0 Å². The Morgan fingerprint density at radius 1 is 0.917 bits per heavy atom. The van der Waals surface area contributed by atoms with E-state index >= 15 is 0 Å². The first-order chi connectivity index (χ1) is 17.4. The molecule has 0 saturated heterocycles. The van der Waals surface area contributed by atoms with Gasteiger partial charge < -0.3 is 10.1 Å². The van der Waals surface area contributed by atoms with Gasteiger partial charge in [0.1, 0.15) is 5.75 Å². The van der Waals surface area contributed by atoms with Crippen molar-refractivity contribution in [2.24, 2.45) is 5.10 Å². The molecule has 0 fully saturated rings. The number of hydrogen-bond donors (Lipinski definition) is 2. The van der Waals surface area contributed by atoms with Crippen molar-refractivity contribution in [1.82, 2.24) is 5.43 Å². The zero-order chi connectivity index (χ0) is 25.5. The quantitative estimate of drug-likeness (QED) is 0.192. The van der Waals surface area contributed by atoms with E-state index in [9.17, 15) is 25.0 Å². The second-order valence-corrected chi connectivity index (χ2v) is 7.51. The number of benzene rings is 4. The van der Waals surface area contributed by atoms with Gasteiger partial charge in [0.2, 0.25) is 5.75 Å². The molecule has 0 radical (unpaired) electrons. The van der Waals surface area contributed by atoms with E-state index in [0.29, 0.717) is 5.56 Å². The molecule has 0 spiro atoms. The van der Waals surface area contributed by atoms with Crippen LogP contribution in [0.3, 0.4) is 0 Å². The Hall–Kier alpha value is -5.32. The predicted molar refractivity (Wildman–Crippen MR) is 134 cm³/mol. The Balaban J connectivity index is 1.33. The summed E-state index contributed by atoms with van der Waals surface area (Å²) < 4.78 is 5.52. The molecule has 11 nitrogen and oxygen atoms in total. The van der Waals surface area contributed by atoms with E-state index in [1.807, 2.05) is 42.5 Å². The minimum atomic E-state index is -0.749. The van der Waals surface area contributed by atoms with Gasteiger partial charge in [-0.05, 0) is 47.3 Å². The summed E-state index contributed by atoms with van der Waals surface area (Å²) in [5.74, 6) is -0.171. The highest BCUT2D eigenvalue weighted by molar-refractivity contribution is 5.95. The summed E-state index contributed by atoms with van der Waals surface area (Å²) in [6.45, 7) is 0.0339. The van der Waals surface area contributed by atoms with Gasteiger partial charge in [-0.15, -0.1) is 0 Å². The minimum Gasteiger partial charge on any atom is -0.450 e. The number of rotatable bonds is 9. The van der Waals surface area contributed by atoms with Crippen molar-refractivity contribution in [3.05, 3.63) is 111 Å². The summed E-state index contributed by atoms with van der Waals surface area (Å²) in [5, 5.41) is 31.2. The molecule has 4 rings (SSSR count). The normalized spacial score (nSPS) is 10.8. The molecule has 2 N–H and O–H groups in total. The summed E-state index contributed by atoms with van der Waals surface area (Å²) in [5.41, 5.74) is 3.00. The van der Waals surface area contributed by atoms with Crippen molar-refractivity contribution < 1.29 is 19.4 Å². The second-order valence-electron chi connectivity index (χ2n) is 7.51. The van der Waals surface area contributed by atoms with E-state index < -0.39 is 21.2 Å². The zero-order valence-corrected chi connectivity index (χ0v) is 18.7. The molecule has 36 heavy (non-hydrogen) atoms. The van der Waals surface area contributed by atoms with Crippen molar-refractivity contribution >= 4 is 40.0 Å². The number of nitrogens with one attached hydrogen (secondary N) is 2. The van der Waals surface area contributed by atoms with Gasteiger partial charge in [0, 0.05) is 17.1 Å². The predicted octanol–water partition coefficient (Wildman–Crippen LogP) is 5.01. The standard InChI is InChI=1S/C25H19N5O6/c31-25(16-26-22-7-3-5-18-4-1-2-6-21(18)22)28-27-15-17-8-11-20(12-9-17)36-24-13-10-19(29(32)33)14-23(24)30(34)35/h1-15,26H,16H2,(H,28,31)/b27-15-. The van der Waals surface area contributed by atoms with Crippen LogP contribution >= 0.6 is 0 Å². The summed E-state index contributed by atoms with van der Waals surface area (Å²) in [6.07, 6.45) is 1.44. The number of hydrazone groups is 1. The number of anilines is 1. The Morgan fingerprint density at radius 2 is 1.67 bits per heavy atom. The summed E-state index contributed by atoms with van der Waals surface area (Å²) in [6, 6.07) is 23.2. The fourth-order valence-corrected chi connectivity index (χ4v) is 3.37. The zero-order valence-electron chi connectivity index (χ0n) is 18.7. The highest BCUT2D eigenvalue weighted by Gasteiger charge is 2.21. The van der Waals surface area contributed by atoms with E-state index in [-0.39, 0.29) is 24.0 Å². The molecule has 4 aromatic carbocycles. The molecule has 11 heteroatoms. The number of carbonyl (C=O) groups excluding carboxylic acids is 1. The van der Waals surface area contributed by atoms with Gasteiger partial charge in [-0.1, -0.05) is 36.4 Å². The smallest absolute Gasteiger partial charge is 0.318 e. The van der Waals surface area contributed by atoms with Gasteiger partial charge in [-0.3, -0.25) is 25.0 Å². The van der Waals surface area contributed by atoms with E-state index in [0.717, 1.165) is 28.6 Å². The Kier molecular flexibility index (Phi) is 7.11. The van der Waals surface area contributed by atoms with Crippen LogP contribution in [0.5, 0.6) is 11.5 Å². The summed E-state index contributed by atoms with van der Waals surface area (Å²) in [4.78, 5) is 32.8. The van der Waals surface area contributed by atoms with Crippen molar-refractivity contribution in [1.29, 1.82) is 0 Å². The Bertz CT molecular complexity index is 1460. The van der Waals surface area contributed by atoms with Crippen molar-refractivity contribution in [3.8, 4) is 11.5 Å². The maximum atomic E-state index is 12.1. The highest BCUT2D eigenvalue weighted by Crippen LogP contribution is 2.34. The molecule has 0 atom stereocenters. The molecule has 0 aromatic heterocycles. The third kappa shape index (κ3) is 5.78.